The fraction of sp³-hybridized carbons (Fsp3) is 0.571. The van der Waals surface area contributed by atoms with Crippen LogP contribution in [0.4, 0.5) is 0 Å². The Labute approximate surface area is 85.4 Å². The number of allylic oxidation sites excluding steroid dienone is 6. The Hall–Kier alpha value is -0.780. The summed E-state index contributed by atoms with van der Waals surface area (Å²) in [5.74, 6) is 1.62. The van der Waals surface area contributed by atoms with Crippen LogP contribution in [0.3, 0.4) is 0 Å². The second-order valence-corrected chi connectivity index (χ2v) is 5.34. The number of rotatable bonds is 0. The summed E-state index contributed by atoms with van der Waals surface area (Å²) in [7, 11) is 0. The number of fused-ring (bicyclic) bond motifs is 3. The summed E-state index contributed by atoms with van der Waals surface area (Å²) in [6, 6.07) is 0. The van der Waals surface area contributed by atoms with E-state index >= 15 is 0 Å². The maximum atomic E-state index is 2.50. The molecule has 0 nitrogen and oxygen atoms in total. The second kappa shape index (κ2) is 2.24. The molecule has 0 radical (unpaired) electrons. The average Bonchev–Trinajstić information content (AvgIpc) is 2.94. The summed E-state index contributed by atoms with van der Waals surface area (Å²) in [4.78, 5) is 0. The highest BCUT2D eigenvalue weighted by atomic mass is 14.6. The van der Waals surface area contributed by atoms with Crippen LogP contribution in [-0.4, -0.2) is 0 Å². The van der Waals surface area contributed by atoms with Gasteiger partial charge in [0.15, 0.2) is 0 Å². The van der Waals surface area contributed by atoms with Crippen LogP contribution in [0.2, 0.25) is 0 Å². The van der Waals surface area contributed by atoms with Crippen molar-refractivity contribution in [2.45, 2.75) is 32.1 Å². The van der Waals surface area contributed by atoms with Gasteiger partial charge < -0.3 is 0 Å². The Morgan fingerprint density at radius 3 is 2.07 bits per heavy atom. The molecule has 0 aromatic carbocycles. The fourth-order valence-electron chi connectivity index (χ4n) is 4.44. The van der Waals surface area contributed by atoms with E-state index < -0.39 is 0 Å². The molecule has 0 heterocycles. The maximum absolute atomic E-state index is 2.50. The Bertz CT molecular complexity index is 345. The summed E-state index contributed by atoms with van der Waals surface area (Å²) in [5.41, 5.74) is 4.08. The molecule has 0 aromatic rings. The van der Waals surface area contributed by atoms with Crippen LogP contribution in [0, 0.1) is 17.3 Å². The van der Waals surface area contributed by atoms with Crippen molar-refractivity contribution in [2.24, 2.45) is 17.3 Å². The zero-order chi connectivity index (χ0) is 9.17. The Morgan fingerprint density at radius 1 is 0.929 bits per heavy atom. The molecule has 0 aliphatic heterocycles. The third kappa shape index (κ3) is 0.627. The Balaban J connectivity index is 1.90. The van der Waals surface area contributed by atoms with E-state index in [4.69, 9.17) is 0 Å². The molecule has 0 aromatic heterocycles. The Kier molecular flexibility index (Phi) is 1.20. The van der Waals surface area contributed by atoms with E-state index in [9.17, 15) is 0 Å². The highest BCUT2D eigenvalue weighted by Gasteiger charge is 2.57. The average molecular weight is 184 g/mol. The molecule has 1 spiro atoms. The predicted octanol–water partition coefficient (Wildman–Crippen LogP) is 3.62. The molecule has 0 unspecified atom stereocenters. The molecule has 14 heavy (non-hydrogen) atoms. The summed E-state index contributed by atoms with van der Waals surface area (Å²) < 4.78 is 0. The van der Waals surface area contributed by atoms with Crippen LogP contribution < -0.4 is 0 Å². The zero-order valence-corrected chi connectivity index (χ0v) is 8.50. The molecular weight excluding hydrogens is 168 g/mol. The first-order chi connectivity index (χ1) is 6.92. The molecule has 4 aliphatic rings. The molecule has 0 saturated heterocycles. The van der Waals surface area contributed by atoms with E-state index in [1.54, 1.807) is 11.1 Å². The van der Waals surface area contributed by atoms with E-state index in [2.05, 4.69) is 24.3 Å². The minimum atomic E-state index is 0.665. The lowest BCUT2D eigenvalue weighted by Gasteiger charge is -2.29. The minimum Gasteiger partial charge on any atom is -0.0798 e. The summed E-state index contributed by atoms with van der Waals surface area (Å²) in [5, 5.41) is 0. The molecule has 2 atom stereocenters. The van der Waals surface area contributed by atoms with Crippen LogP contribution in [-0.2, 0) is 0 Å². The zero-order valence-electron chi connectivity index (χ0n) is 8.50. The van der Waals surface area contributed by atoms with Crippen molar-refractivity contribution in [3.8, 4) is 0 Å². The standard InChI is InChI=1S/C14H16/c1-2-9-14(8-1)12-6-7-13(14)11-5-3-4-10(11)12/h4-7,12-13H,1-3,8-9H2/t12-,13+. The third-order valence-electron chi connectivity index (χ3n) is 4.95. The maximum Gasteiger partial charge on any atom is 0.00833 e. The van der Waals surface area contributed by atoms with E-state index in [0.29, 0.717) is 5.41 Å². The third-order valence-corrected chi connectivity index (χ3v) is 4.95. The highest BCUT2D eigenvalue weighted by molar-refractivity contribution is 5.55. The number of hydrogen-bond acceptors (Lipinski definition) is 0. The normalized spacial score (nSPS) is 40.6. The highest BCUT2D eigenvalue weighted by Crippen LogP contribution is 2.66. The van der Waals surface area contributed by atoms with Crippen molar-refractivity contribution in [1.82, 2.24) is 0 Å². The quantitative estimate of drug-likeness (QED) is 0.504. The molecule has 2 bridgehead atoms. The van der Waals surface area contributed by atoms with E-state index in [-0.39, 0.29) is 0 Å². The van der Waals surface area contributed by atoms with Crippen LogP contribution in [0.15, 0.2) is 35.5 Å². The van der Waals surface area contributed by atoms with Gasteiger partial charge in [0.25, 0.3) is 0 Å². The molecule has 2 fully saturated rings. The first kappa shape index (κ1) is 7.50. The van der Waals surface area contributed by atoms with Gasteiger partial charge in [0.05, 0.1) is 0 Å². The fourth-order valence-corrected chi connectivity index (χ4v) is 4.44. The van der Waals surface area contributed by atoms with Gasteiger partial charge in [-0.15, -0.1) is 0 Å². The van der Waals surface area contributed by atoms with Crippen molar-refractivity contribution in [3.05, 3.63) is 35.5 Å². The first-order valence-electron chi connectivity index (χ1n) is 6.01. The van der Waals surface area contributed by atoms with Gasteiger partial charge in [0, 0.05) is 11.8 Å². The first-order valence-corrected chi connectivity index (χ1v) is 6.01. The molecule has 2 saturated carbocycles. The monoisotopic (exact) mass is 184 g/mol. The summed E-state index contributed by atoms with van der Waals surface area (Å²) >= 11 is 0. The van der Waals surface area contributed by atoms with Gasteiger partial charge in [-0.3, -0.25) is 0 Å². The van der Waals surface area contributed by atoms with Crippen LogP contribution >= 0.6 is 0 Å². The molecule has 0 amide bonds. The largest absolute Gasteiger partial charge is 0.0798 e. The molecule has 72 valence electrons. The van der Waals surface area contributed by atoms with E-state index in [1.165, 1.54) is 32.1 Å². The van der Waals surface area contributed by atoms with Gasteiger partial charge in [0.1, 0.15) is 0 Å². The predicted molar refractivity (Wildman–Crippen MR) is 57.8 cm³/mol. The summed E-state index contributed by atoms with van der Waals surface area (Å²) in [6.07, 6.45) is 17.1. The van der Waals surface area contributed by atoms with Gasteiger partial charge in [-0.1, -0.05) is 37.1 Å². The second-order valence-electron chi connectivity index (χ2n) is 5.34. The van der Waals surface area contributed by atoms with E-state index in [0.717, 1.165) is 11.8 Å². The number of hydrogen-bond donors (Lipinski definition) is 0. The van der Waals surface area contributed by atoms with Gasteiger partial charge in [-0.05, 0) is 35.8 Å². The smallest absolute Gasteiger partial charge is 0.00833 e. The van der Waals surface area contributed by atoms with Crippen molar-refractivity contribution >= 4 is 0 Å². The Morgan fingerprint density at radius 2 is 1.50 bits per heavy atom. The van der Waals surface area contributed by atoms with Crippen molar-refractivity contribution in [3.63, 3.8) is 0 Å². The molecule has 4 aliphatic carbocycles. The van der Waals surface area contributed by atoms with Crippen molar-refractivity contribution in [1.29, 1.82) is 0 Å². The van der Waals surface area contributed by atoms with Crippen LogP contribution in [0.5, 0.6) is 0 Å². The lowest BCUT2D eigenvalue weighted by Crippen LogP contribution is -2.23. The minimum absolute atomic E-state index is 0.665. The molecular formula is C14H16. The lowest BCUT2D eigenvalue weighted by molar-refractivity contribution is 0.238. The van der Waals surface area contributed by atoms with Crippen molar-refractivity contribution in [2.75, 3.05) is 0 Å². The summed E-state index contributed by atoms with van der Waals surface area (Å²) in [6.45, 7) is 0. The molecule has 4 rings (SSSR count). The van der Waals surface area contributed by atoms with Gasteiger partial charge in [-0.2, -0.15) is 0 Å². The van der Waals surface area contributed by atoms with Crippen molar-refractivity contribution < 1.29 is 0 Å². The van der Waals surface area contributed by atoms with Crippen LogP contribution in [0.25, 0.3) is 0 Å². The topological polar surface area (TPSA) is 0 Å². The van der Waals surface area contributed by atoms with Crippen LogP contribution in [0.1, 0.15) is 32.1 Å². The SMILES string of the molecule is C1=C[C@H]2C3=CCC=C3[C@@H]1C21CCCC1. The molecule has 0 N–H and O–H groups in total. The van der Waals surface area contributed by atoms with Gasteiger partial charge in [0.2, 0.25) is 0 Å². The van der Waals surface area contributed by atoms with Gasteiger partial charge >= 0.3 is 0 Å². The van der Waals surface area contributed by atoms with Gasteiger partial charge in [-0.25, -0.2) is 0 Å². The van der Waals surface area contributed by atoms with E-state index in [1.807, 2.05) is 0 Å². The molecule has 0 heteroatoms. The lowest BCUT2D eigenvalue weighted by atomic mass is 9.74.